The number of benzene rings is 1. The van der Waals surface area contributed by atoms with Crippen LogP contribution in [-0.4, -0.2) is 4.98 Å². The zero-order valence-corrected chi connectivity index (χ0v) is 12.5. The number of aromatic nitrogens is 1. The van der Waals surface area contributed by atoms with E-state index in [9.17, 15) is 0 Å². The Morgan fingerprint density at radius 3 is 2.83 bits per heavy atom. The topological polar surface area (TPSA) is 24.9 Å². The zero-order valence-electron chi connectivity index (χ0n) is 10.2. The third-order valence-electron chi connectivity index (χ3n) is 2.68. The normalized spacial score (nSPS) is 12.7. The molecule has 0 amide bonds. The number of nitrogens with one attached hydrogen (secondary N) is 1. The van der Waals surface area contributed by atoms with Crippen LogP contribution in [0.25, 0.3) is 0 Å². The van der Waals surface area contributed by atoms with E-state index in [1.54, 1.807) is 17.4 Å². The van der Waals surface area contributed by atoms with Gasteiger partial charge in [-0.3, -0.25) is 0 Å². The van der Waals surface area contributed by atoms with Gasteiger partial charge in [-0.15, -0.1) is 11.3 Å². The molecule has 1 atom stereocenters. The van der Waals surface area contributed by atoms with Crippen molar-refractivity contribution in [1.82, 2.24) is 10.3 Å². The second kappa shape index (κ2) is 6.02. The average Bonchev–Trinajstić information content (AvgIpc) is 2.75. The molecule has 0 saturated carbocycles. The molecule has 0 fully saturated rings. The Hall–Kier alpha value is -0.610. The van der Waals surface area contributed by atoms with E-state index in [1.807, 2.05) is 19.1 Å². The molecule has 0 spiro atoms. The quantitative estimate of drug-likeness (QED) is 0.892. The Balaban J connectivity index is 2.03. The molecular weight excluding hydrogens is 287 g/mol. The first kappa shape index (κ1) is 13.8. The van der Waals surface area contributed by atoms with Gasteiger partial charge >= 0.3 is 0 Å². The Morgan fingerprint density at radius 2 is 2.17 bits per heavy atom. The highest BCUT2D eigenvalue weighted by atomic mass is 35.5. The lowest BCUT2D eigenvalue weighted by molar-refractivity contribution is 0.569. The van der Waals surface area contributed by atoms with Crippen LogP contribution in [0.4, 0.5) is 0 Å². The molecule has 0 aliphatic rings. The Bertz CT molecular complexity index is 540. The SMILES string of the molecule is Cc1nc(CNC(C)c2cc(Cl)ccc2Cl)cs1. The highest BCUT2D eigenvalue weighted by molar-refractivity contribution is 7.09. The Kier molecular flexibility index (Phi) is 4.62. The molecule has 1 unspecified atom stereocenters. The van der Waals surface area contributed by atoms with Crippen molar-refractivity contribution in [1.29, 1.82) is 0 Å². The van der Waals surface area contributed by atoms with Gasteiger partial charge in [-0.1, -0.05) is 23.2 Å². The molecule has 2 aromatic rings. The molecule has 1 N–H and O–H groups in total. The number of halogens is 2. The highest BCUT2D eigenvalue weighted by Gasteiger charge is 2.10. The van der Waals surface area contributed by atoms with Crippen LogP contribution in [0.2, 0.25) is 10.0 Å². The van der Waals surface area contributed by atoms with Crippen molar-refractivity contribution >= 4 is 34.5 Å². The second-order valence-corrected chi connectivity index (χ2v) is 6.03. The summed E-state index contributed by atoms with van der Waals surface area (Å²) in [5.41, 5.74) is 2.07. The monoisotopic (exact) mass is 300 g/mol. The molecule has 2 nitrogen and oxygen atoms in total. The van der Waals surface area contributed by atoms with Gasteiger partial charge in [-0.25, -0.2) is 4.98 Å². The fourth-order valence-corrected chi connectivity index (χ4v) is 2.78. The van der Waals surface area contributed by atoms with Crippen molar-refractivity contribution in [2.45, 2.75) is 26.4 Å². The van der Waals surface area contributed by atoms with Crippen LogP contribution < -0.4 is 5.32 Å². The zero-order chi connectivity index (χ0) is 13.1. The van der Waals surface area contributed by atoms with E-state index in [-0.39, 0.29) is 6.04 Å². The molecule has 0 aliphatic carbocycles. The molecular formula is C13H14Cl2N2S. The molecule has 1 aromatic carbocycles. The number of hydrogen-bond donors (Lipinski definition) is 1. The summed E-state index contributed by atoms with van der Waals surface area (Å²) >= 11 is 13.8. The molecule has 1 aromatic heterocycles. The fourth-order valence-electron chi connectivity index (χ4n) is 1.70. The predicted octanol–water partition coefficient (Wildman–Crippen LogP) is 4.61. The van der Waals surface area contributed by atoms with Gasteiger partial charge in [-0.2, -0.15) is 0 Å². The number of nitrogens with zero attached hydrogens (tertiary/aromatic N) is 1. The van der Waals surface area contributed by atoms with Crippen LogP contribution in [-0.2, 0) is 6.54 Å². The van der Waals surface area contributed by atoms with E-state index < -0.39 is 0 Å². The maximum Gasteiger partial charge on any atom is 0.0897 e. The molecule has 0 radical (unpaired) electrons. The van der Waals surface area contributed by atoms with Gasteiger partial charge in [-0.05, 0) is 37.6 Å². The van der Waals surface area contributed by atoms with Crippen LogP contribution in [0.1, 0.15) is 29.2 Å². The van der Waals surface area contributed by atoms with Gasteiger partial charge in [0.1, 0.15) is 0 Å². The maximum atomic E-state index is 6.16. The van der Waals surface area contributed by atoms with Crippen molar-refractivity contribution in [3.8, 4) is 0 Å². The van der Waals surface area contributed by atoms with E-state index in [2.05, 4.69) is 22.6 Å². The van der Waals surface area contributed by atoms with Crippen LogP contribution >= 0.6 is 34.5 Å². The molecule has 96 valence electrons. The van der Waals surface area contributed by atoms with Crippen LogP contribution in [0.3, 0.4) is 0 Å². The van der Waals surface area contributed by atoms with E-state index >= 15 is 0 Å². The van der Waals surface area contributed by atoms with Crippen LogP contribution in [0, 0.1) is 6.92 Å². The van der Waals surface area contributed by atoms with E-state index in [4.69, 9.17) is 23.2 Å². The summed E-state index contributed by atoms with van der Waals surface area (Å²) in [7, 11) is 0. The van der Waals surface area contributed by atoms with Gasteiger partial charge in [0.05, 0.1) is 10.7 Å². The van der Waals surface area contributed by atoms with Crippen molar-refractivity contribution in [3.63, 3.8) is 0 Å². The summed E-state index contributed by atoms with van der Waals surface area (Å²) in [6.45, 7) is 4.80. The first-order valence-corrected chi connectivity index (χ1v) is 7.29. The molecule has 0 saturated heterocycles. The second-order valence-electron chi connectivity index (χ2n) is 4.13. The predicted molar refractivity (Wildman–Crippen MR) is 78.6 cm³/mol. The molecule has 0 bridgehead atoms. The Morgan fingerprint density at radius 1 is 1.39 bits per heavy atom. The van der Waals surface area contributed by atoms with E-state index in [0.717, 1.165) is 27.8 Å². The van der Waals surface area contributed by atoms with Crippen LogP contribution in [0.15, 0.2) is 23.6 Å². The number of hydrogen-bond acceptors (Lipinski definition) is 3. The minimum Gasteiger partial charge on any atom is -0.304 e. The number of thiazole rings is 1. The lowest BCUT2D eigenvalue weighted by Crippen LogP contribution is -2.18. The largest absolute Gasteiger partial charge is 0.304 e. The number of aryl methyl sites for hydroxylation is 1. The van der Waals surface area contributed by atoms with Crippen molar-refractivity contribution in [2.24, 2.45) is 0 Å². The molecule has 18 heavy (non-hydrogen) atoms. The van der Waals surface area contributed by atoms with E-state index in [1.165, 1.54) is 0 Å². The molecule has 1 heterocycles. The van der Waals surface area contributed by atoms with Crippen molar-refractivity contribution in [2.75, 3.05) is 0 Å². The molecule has 5 heteroatoms. The van der Waals surface area contributed by atoms with E-state index in [0.29, 0.717) is 5.02 Å². The summed E-state index contributed by atoms with van der Waals surface area (Å²) in [4.78, 5) is 4.41. The molecule has 0 aliphatic heterocycles. The first-order valence-electron chi connectivity index (χ1n) is 5.65. The smallest absolute Gasteiger partial charge is 0.0897 e. The van der Waals surface area contributed by atoms with Crippen molar-refractivity contribution in [3.05, 3.63) is 49.9 Å². The Labute approximate surface area is 121 Å². The van der Waals surface area contributed by atoms with Gasteiger partial charge < -0.3 is 5.32 Å². The van der Waals surface area contributed by atoms with Crippen molar-refractivity contribution < 1.29 is 0 Å². The standard InChI is InChI=1S/C13H14Cl2N2S/c1-8(12-5-10(14)3-4-13(12)15)16-6-11-7-18-9(2)17-11/h3-5,7-8,16H,6H2,1-2H3. The third-order valence-corrected chi connectivity index (χ3v) is 4.08. The highest BCUT2D eigenvalue weighted by Crippen LogP contribution is 2.26. The van der Waals surface area contributed by atoms with Gasteiger partial charge in [0.2, 0.25) is 0 Å². The van der Waals surface area contributed by atoms with Gasteiger partial charge in [0.25, 0.3) is 0 Å². The lowest BCUT2D eigenvalue weighted by atomic mass is 10.1. The first-order chi connectivity index (χ1) is 8.56. The summed E-state index contributed by atoms with van der Waals surface area (Å²) < 4.78 is 0. The summed E-state index contributed by atoms with van der Waals surface area (Å²) in [5.74, 6) is 0. The summed E-state index contributed by atoms with van der Waals surface area (Å²) in [6.07, 6.45) is 0. The molecule has 2 rings (SSSR count). The maximum absolute atomic E-state index is 6.16. The van der Waals surface area contributed by atoms with Gasteiger partial charge in [0.15, 0.2) is 0 Å². The average molecular weight is 301 g/mol. The fraction of sp³-hybridized carbons (Fsp3) is 0.308. The third kappa shape index (κ3) is 3.45. The number of rotatable bonds is 4. The lowest BCUT2D eigenvalue weighted by Gasteiger charge is -2.15. The van der Waals surface area contributed by atoms with Gasteiger partial charge in [0, 0.05) is 28.0 Å². The minimum atomic E-state index is 0.137. The minimum absolute atomic E-state index is 0.137. The summed E-state index contributed by atoms with van der Waals surface area (Å²) in [6, 6.07) is 5.65. The van der Waals surface area contributed by atoms with Crippen LogP contribution in [0.5, 0.6) is 0 Å². The summed E-state index contributed by atoms with van der Waals surface area (Å²) in [5, 5.41) is 7.98.